The number of hydrogen-bond acceptors (Lipinski definition) is 3. The highest BCUT2D eigenvalue weighted by molar-refractivity contribution is 6.34. The van der Waals surface area contributed by atoms with Crippen molar-refractivity contribution in [2.45, 2.75) is 30.7 Å². The Kier molecular flexibility index (Phi) is 2.86. The molecule has 0 aromatic heterocycles. The Hall–Kier alpha value is -0.770. The first kappa shape index (κ1) is 13.2. The molecule has 3 fully saturated rings. The standard InChI is InChI=1S/C14H15Cl2NO2/c1-19-12(18)11(17)14-5-13(6-14,7-14)8-2-9(15)4-10(16)3-8/h2-4,11H,5-7,17H2,1H3. The van der Waals surface area contributed by atoms with Gasteiger partial charge in [-0.1, -0.05) is 23.2 Å². The molecule has 0 saturated heterocycles. The second kappa shape index (κ2) is 4.11. The minimum Gasteiger partial charge on any atom is -0.468 e. The lowest BCUT2D eigenvalue weighted by Gasteiger charge is -2.72. The molecule has 0 spiro atoms. The first-order valence-corrected chi connectivity index (χ1v) is 6.96. The molecule has 1 unspecified atom stereocenters. The lowest BCUT2D eigenvalue weighted by molar-refractivity contribution is -0.181. The summed E-state index contributed by atoms with van der Waals surface area (Å²) in [5, 5.41) is 1.30. The van der Waals surface area contributed by atoms with Crippen LogP contribution in [0, 0.1) is 5.41 Å². The number of esters is 1. The first-order chi connectivity index (χ1) is 8.91. The average Bonchev–Trinajstić information content (AvgIpc) is 2.22. The Balaban J connectivity index is 1.78. The van der Waals surface area contributed by atoms with E-state index in [1.807, 2.05) is 12.1 Å². The number of nitrogens with two attached hydrogens (primary N) is 1. The summed E-state index contributed by atoms with van der Waals surface area (Å²) in [5.41, 5.74) is 7.16. The van der Waals surface area contributed by atoms with E-state index in [9.17, 15) is 4.79 Å². The molecule has 1 aromatic rings. The van der Waals surface area contributed by atoms with Crippen molar-refractivity contribution < 1.29 is 9.53 Å². The molecule has 1 aromatic carbocycles. The van der Waals surface area contributed by atoms with Gasteiger partial charge in [-0.25, -0.2) is 0 Å². The predicted octanol–water partition coefficient (Wildman–Crippen LogP) is 2.92. The third-order valence-electron chi connectivity index (χ3n) is 4.66. The van der Waals surface area contributed by atoms with E-state index in [1.54, 1.807) is 6.07 Å². The molecule has 3 nitrogen and oxygen atoms in total. The number of methoxy groups -OCH3 is 1. The molecular formula is C14H15Cl2NO2. The molecule has 0 amide bonds. The highest BCUT2D eigenvalue weighted by Crippen LogP contribution is 2.74. The van der Waals surface area contributed by atoms with Crippen LogP contribution in [0.1, 0.15) is 24.8 Å². The summed E-state index contributed by atoms with van der Waals surface area (Å²) in [6.45, 7) is 0. The topological polar surface area (TPSA) is 52.3 Å². The molecule has 5 heteroatoms. The maximum Gasteiger partial charge on any atom is 0.323 e. The molecule has 19 heavy (non-hydrogen) atoms. The van der Waals surface area contributed by atoms with Crippen LogP contribution in [0.3, 0.4) is 0 Å². The Morgan fingerprint density at radius 3 is 2.26 bits per heavy atom. The lowest BCUT2D eigenvalue weighted by atomic mass is 9.31. The monoisotopic (exact) mass is 299 g/mol. The number of carbonyl (C=O) groups excluding carboxylic acids is 1. The van der Waals surface area contributed by atoms with E-state index in [0.717, 1.165) is 24.8 Å². The summed E-state index contributed by atoms with van der Waals surface area (Å²) in [5.74, 6) is -0.322. The second-order valence-corrected chi connectivity index (χ2v) is 6.70. The fourth-order valence-corrected chi connectivity index (χ4v) is 4.27. The minimum absolute atomic E-state index is 0.0815. The van der Waals surface area contributed by atoms with Gasteiger partial charge in [0.25, 0.3) is 0 Å². The largest absolute Gasteiger partial charge is 0.468 e. The summed E-state index contributed by atoms with van der Waals surface area (Å²) < 4.78 is 4.73. The molecule has 3 aliphatic rings. The summed E-state index contributed by atoms with van der Waals surface area (Å²) in [4.78, 5) is 11.5. The summed E-state index contributed by atoms with van der Waals surface area (Å²) >= 11 is 12.1. The van der Waals surface area contributed by atoms with Gasteiger partial charge >= 0.3 is 5.97 Å². The molecule has 2 bridgehead atoms. The normalized spacial score (nSPS) is 33.1. The predicted molar refractivity (Wildman–Crippen MR) is 74.4 cm³/mol. The first-order valence-electron chi connectivity index (χ1n) is 6.21. The average molecular weight is 300 g/mol. The van der Waals surface area contributed by atoms with Crippen LogP contribution in [0.4, 0.5) is 0 Å². The van der Waals surface area contributed by atoms with Gasteiger partial charge in [0, 0.05) is 10.0 Å². The Morgan fingerprint density at radius 1 is 1.26 bits per heavy atom. The SMILES string of the molecule is COC(=O)C(N)C12CC(c3cc(Cl)cc(Cl)c3)(C1)C2. The van der Waals surface area contributed by atoms with E-state index >= 15 is 0 Å². The molecule has 0 radical (unpaired) electrons. The van der Waals surface area contributed by atoms with Gasteiger partial charge in [-0.3, -0.25) is 4.79 Å². The quantitative estimate of drug-likeness (QED) is 0.873. The molecule has 3 saturated carbocycles. The fourth-order valence-electron chi connectivity index (χ4n) is 3.74. The Labute approximate surface area is 122 Å². The Morgan fingerprint density at radius 2 is 1.79 bits per heavy atom. The van der Waals surface area contributed by atoms with E-state index in [2.05, 4.69) is 0 Å². The van der Waals surface area contributed by atoms with Crippen molar-refractivity contribution in [1.29, 1.82) is 0 Å². The van der Waals surface area contributed by atoms with Gasteiger partial charge in [-0.2, -0.15) is 0 Å². The number of halogens is 2. The van der Waals surface area contributed by atoms with Crippen LogP contribution in [0.15, 0.2) is 18.2 Å². The summed E-state index contributed by atoms with van der Waals surface area (Å²) in [6.07, 6.45) is 2.73. The number of ether oxygens (including phenoxy) is 1. The van der Waals surface area contributed by atoms with Crippen molar-refractivity contribution in [3.05, 3.63) is 33.8 Å². The molecule has 0 aliphatic heterocycles. The van der Waals surface area contributed by atoms with Crippen molar-refractivity contribution in [3.8, 4) is 0 Å². The zero-order valence-electron chi connectivity index (χ0n) is 10.6. The van der Waals surface area contributed by atoms with Crippen LogP contribution < -0.4 is 5.73 Å². The molecular weight excluding hydrogens is 285 g/mol. The summed E-state index contributed by atoms with van der Waals surface area (Å²) in [7, 11) is 1.38. The van der Waals surface area contributed by atoms with Gasteiger partial charge in [0.2, 0.25) is 0 Å². The van der Waals surface area contributed by atoms with Crippen LogP contribution in [0.5, 0.6) is 0 Å². The number of rotatable bonds is 3. The van der Waals surface area contributed by atoms with Crippen LogP contribution in [-0.4, -0.2) is 19.1 Å². The second-order valence-electron chi connectivity index (χ2n) is 5.83. The van der Waals surface area contributed by atoms with Gasteiger partial charge in [0.15, 0.2) is 0 Å². The third-order valence-corrected chi connectivity index (χ3v) is 5.10. The van der Waals surface area contributed by atoms with Gasteiger partial charge < -0.3 is 10.5 Å². The van der Waals surface area contributed by atoms with Crippen LogP contribution in [0.2, 0.25) is 10.0 Å². The molecule has 4 rings (SSSR count). The van der Waals surface area contributed by atoms with Crippen LogP contribution in [-0.2, 0) is 14.9 Å². The smallest absolute Gasteiger partial charge is 0.323 e. The lowest BCUT2D eigenvalue weighted by Crippen LogP contribution is -2.72. The van der Waals surface area contributed by atoms with E-state index in [4.69, 9.17) is 33.7 Å². The molecule has 102 valence electrons. The third kappa shape index (κ3) is 1.79. The molecule has 3 aliphatic carbocycles. The van der Waals surface area contributed by atoms with Crippen molar-refractivity contribution in [3.63, 3.8) is 0 Å². The van der Waals surface area contributed by atoms with Gasteiger partial charge in [-0.05, 0) is 53.9 Å². The number of benzene rings is 1. The highest BCUT2D eigenvalue weighted by atomic mass is 35.5. The van der Waals surface area contributed by atoms with Crippen molar-refractivity contribution >= 4 is 29.2 Å². The zero-order chi connectivity index (χ0) is 13.8. The van der Waals surface area contributed by atoms with Crippen molar-refractivity contribution in [2.24, 2.45) is 11.1 Å². The Bertz CT molecular complexity index is 518. The molecule has 0 heterocycles. The highest BCUT2D eigenvalue weighted by Gasteiger charge is 2.71. The van der Waals surface area contributed by atoms with Crippen molar-refractivity contribution in [1.82, 2.24) is 0 Å². The van der Waals surface area contributed by atoms with E-state index in [-0.39, 0.29) is 16.8 Å². The van der Waals surface area contributed by atoms with Crippen LogP contribution >= 0.6 is 23.2 Å². The van der Waals surface area contributed by atoms with E-state index < -0.39 is 6.04 Å². The number of hydrogen-bond donors (Lipinski definition) is 1. The van der Waals surface area contributed by atoms with Gasteiger partial charge in [-0.15, -0.1) is 0 Å². The summed E-state index contributed by atoms with van der Waals surface area (Å²) in [6, 6.07) is 5.13. The van der Waals surface area contributed by atoms with Crippen LogP contribution in [0.25, 0.3) is 0 Å². The fraction of sp³-hybridized carbons (Fsp3) is 0.500. The maximum absolute atomic E-state index is 11.5. The minimum atomic E-state index is -0.519. The van der Waals surface area contributed by atoms with E-state index in [1.165, 1.54) is 7.11 Å². The van der Waals surface area contributed by atoms with Gasteiger partial charge in [0.1, 0.15) is 6.04 Å². The van der Waals surface area contributed by atoms with Gasteiger partial charge in [0.05, 0.1) is 7.11 Å². The zero-order valence-corrected chi connectivity index (χ0v) is 12.1. The maximum atomic E-state index is 11.5. The molecule has 1 atom stereocenters. The molecule has 2 N–H and O–H groups in total. The van der Waals surface area contributed by atoms with E-state index in [0.29, 0.717) is 10.0 Å². The number of carbonyl (C=O) groups is 1. The van der Waals surface area contributed by atoms with Crippen molar-refractivity contribution in [2.75, 3.05) is 7.11 Å².